The normalized spacial score (nSPS) is 29.0. The fourth-order valence-corrected chi connectivity index (χ4v) is 2.17. The Hall–Kier alpha value is -0.120. The molecule has 0 amide bonds. The van der Waals surface area contributed by atoms with Crippen LogP contribution in [0.1, 0.15) is 45.4 Å². The molecule has 1 fully saturated rings. The average Bonchev–Trinajstić information content (AvgIpc) is 2.35. The van der Waals surface area contributed by atoms with Crippen molar-refractivity contribution in [1.29, 1.82) is 0 Å². The van der Waals surface area contributed by atoms with Crippen LogP contribution >= 0.6 is 0 Å². The molecular formula is C12H25NO2. The lowest BCUT2D eigenvalue weighted by Gasteiger charge is -2.22. The van der Waals surface area contributed by atoms with E-state index in [1.165, 1.54) is 6.42 Å². The van der Waals surface area contributed by atoms with E-state index in [0.29, 0.717) is 6.61 Å². The molecule has 2 N–H and O–H groups in total. The Morgan fingerprint density at radius 3 is 2.67 bits per heavy atom. The second-order valence-corrected chi connectivity index (χ2v) is 4.98. The van der Waals surface area contributed by atoms with Gasteiger partial charge >= 0.3 is 0 Å². The van der Waals surface area contributed by atoms with Gasteiger partial charge in [0, 0.05) is 13.2 Å². The van der Waals surface area contributed by atoms with Crippen LogP contribution in [0.15, 0.2) is 0 Å². The van der Waals surface area contributed by atoms with Crippen molar-refractivity contribution in [2.24, 2.45) is 0 Å². The highest BCUT2D eigenvalue weighted by atomic mass is 16.3. The second-order valence-electron chi connectivity index (χ2n) is 4.98. The minimum atomic E-state index is -0.445. The number of unbranched alkanes of at least 4 members (excludes halogenated alkanes) is 2. The number of aliphatic hydroxyl groups is 2. The third-order valence-electron chi connectivity index (χ3n) is 3.29. The third kappa shape index (κ3) is 5.50. The first kappa shape index (κ1) is 12.9. The lowest BCUT2D eigenvalue weighted by atomic mass is 9.98. The van der Waals surface area contributed by atoms with E-state index in [2.05, 4.69) is 4.90 Å². The van der Waals surface area contributed by atoms with Crippen molar-refractivity contribution in [3.8, 4) is 0 Å². The lowest BCUT2D eigenvalue weighted by Crippen LogP contribution is -2.29. The van der Waals surface area contributed by atoms with Gasteiger partial charge in [-0.25, -0.2) is 0 Å². The summed E-state index contributed by atoms with van der Waals surface area (Å²) in [7, 11) is 0. The number of hydrogen-bond donors (Lipinski definition) is 2. The Balaban J connectivity index is 2.14. The predicted octanol–water partition coefficient (Wildman–Crippen LogP) is 1.39. The zero-order valence-corrected chi connectivity index (χ0v) is 9.91. The van der Waals surface area contributed by atoms with E-state index in [0.717, 1.165) is 51.7 Å². The maximum atomic E-state index is 9.92. The zero-order chi connectivity index (χ0) is 11.1. The first-order valence-corrected chi connectivity index (χ1v) is 6.20. The van der Waals surface area contributed by atoms with Crippen molar-refractivity contribution in [1.82, 2.24) is 4.90 Å². The summed E-state index contributed by atoms with van der Waals surface area (Å²) in [6, 6.07) is 0. The largest absolute Gasteiger partial charge is 0.396 e. The van der Waals surface area contributed by atoms with Gasteiger partial charge in [0.1, 0.15) is 0 Å². The maximum absolute atomic E-state index is 9.92. The van der Waals surface area contributed by atoms with Crippen molar-refractivity contribution in [3.05, 3.63) is 0 Å². The molecule has 1 rings (SSSR count). The molecule has 0 radical (unpaired) electrons. The van der Waals surface area contributed by atoms with E-state index in [9.17, 15) is 5.11 Å². The SMILES string of the molecule is CC1(O)CCCN(CCCCCO)CC1. The molecule has 1 saturated heterocycles. The fraction of sp³-hybridized carbons (Fsp3) is 1.00. The highest BCUT2D eigenvalue weighted by Gasteiger charge is 2.24. The van der Waals surface area contributed by atoms with Gasteiger partial charge in [0.15, 0.2) is 0 Å². The third-order valence-corrected chi connectivity index (χ3v) is 3.29. The Morgan fingerprint density at radius 1 is 1.13 bits per heavy atom. The van der Waals surface area contributed by atoms with Crippen LogP contribution in [-0.4, -0.2) is 47.0 Å². The molecule has 1 heterocycles. The zero-order valence-electron chi connectivity index (χ0n) is 9.91. The van der Waals surface area contributed by atoms with Gasteiger partial charge in [0.05, 0.1) is 5.60 Å². The van der Waals surface area contributed by atoms with E-state index in [-0.39, 0.29) is 0 Å². The smallest absolute Gasteiger partial charge is 0.0632 e. The molecule has 1 unspecified atom stereocenters. The second kappa shape index (κ2) is 6.46. The molecule has 0 saturated carbocycles. The van der Waals surface area contributed by atoms with E-state index < -0.39 is 5.60 Å². The van der Waals surface area contributed by atoms with Gasteiger partial charge in [-0.2, -0.15) is 0 Å². The lowest BCUT2D eigenvalue weighted by molar-refractivity contribution is 0.0446. The molecule has 0 aromatic carbocycles. The summed E-state index contributed by atoms with van der Waals surface area (Å²) in [6.07, 6.45) is 6.14. The van der Waals surface area contributed by atoms with E-state index in [4.69, 9.17) is 5.11 Å². The van der Waals surface area contributed by atoms with Crippen molar-refractivity contribution < 1.29 is 10.2 Å². The first-order chi connectivity index (χ1) is 7.14. The van der Waals surface area contributed by atoms with Crippen molar-refractivity contribution in [3.63, 3.8) is 0 Å². The molecule has 3 heteroatoms. The van der Waals surface area contributed by atoms with E-state index in [1.54, 1.807) is 0 Å². The van der Waals surface area contributed by atoms with Gasteiger partial charge in [-0.05, 0) is 58.5 Å². The minimum absolute atomic E-state index is 0.314. The van der Waals surface area contributed by atoms with Gasteiger partial charge < -0.3 is 15.1 Å². The van der Waals surface area contributed by atoms with E-state index >= 15 is 0 Å². The Morgan fingerprint density at radius 2 is 1.93 bits per heavy atom. The maximum Gasteiger partial charge on any atom is 0.0632 e. The van der Waals surface area contributed by atoms with E-state index in [1.807, 2.05) is 6.92 Å². The van der Waals surface area contributed by atoms with Gasteiger partial charge in [0.25, 0.3) is 0 Å². The Labute approximate surface area is 93.1 Å². The number of likely N-dealkylation sites (tertiary alicyclic amines) is 1. The molecule has 0 spiro atoms. The quantitative estimate of drug-likeness (QED) is 0.681. The van der Waals surface area contributed by atoms with Crippen molar-refractivity contribution in [2.75, 3.05) is 26.2 Å². The Bertz CT molecular complexity index is 171. The number of aliphatic hydroxyl groups excluding tert-OH is 1. The number of nitrogens with zero attached hydrogens (tertiary/aromatic N) is 1. The molecule has 0 aliphatic carbocycles. The average molecular weight is 215 g/mol. The fourth-order valence-electron chi connectivity index (χ4n) is 2.17. The molecule has 1 atom stereocenters. The van der Waals surface area contributed by atoms with Crippen LogP contribution in [0.5, 0.6) is 0 Å². The number of rotatable bonds is 5. The van der Waals surface area contributed by atoms with Crippen LogP contribution in [-0.2, 0) is 0 Å². The standard InChI is InChI=1S/C12H25NO2/c1-12(15)6-5-9-13(10-7-12)8-3-2-4-11-14/h14-15H,2-11H2,1H3. The molecule has 1 aliphatic heterocycles. The van der Waals surface area contributed by atoms with Crippen LogP contribution < -0.4 is 0 Å². The topological polar surface area (TPSA) is 43.7 Å². The summed E-state index contributed by atoms with van der Waals surface area (Å²) in [4.78, 5) is 2.44. The molecule has 0 bridgehead atoms. The van der Waals surface area contributed by atoms with Crippen LogP contribution in [0, 0.1) is 0 Å². The van der Waals surface area contributed by atoms with Gasteiger partial charge in [-0.15, -0.1) is 0 Å². The van der Waals surface area contributed by atoms with Crippen LogP contribution in [0.25, 0.3) is 0 Å². The summed E-state index contributed by atoms with van der Waals surface area (Å²) in [5.74, 6) is 0. The predicted molar refractivity (Wildman–Crippen MR) is 61.9 cm³/mol. The van der Waals surface area contributed by atoms with Gasteiger partial charge in [0.2, 0.25) is 0 Å². The molecule has 90 valence electrons. The molecule has 15 heavy (non-hydrogen) atoms. The molecule has 1 aliphatic rings. The van der Waals surface area contributed by atoms with Crippen LogP contribution in [0.3, 0.4) is 0 Å². The minimum Gasteiger partial charge on any atom is -0.396 e. The summed E-state index contributed by atoms with van der Waals surface area (Å²) >= 11 is 0. The summed E-state index contributed by atoms with van der Waals surface area (Å²) in [5.41, 5.74) is -0.445. The van der Waals surface area contributed by atoms with Crippen LogP contribution in [0.4, 0.5) is 0 Å². The summed E-state index contributed by atoms with van der Waals surface area (Å²) in [6.45, 7) is 5.52. The highest BCUT2D eigenvalue weighted by Crippen LogP contribution is 2.21. The van der Waals surface area contributed by atoms with Gasteiger partial charge in [-0.3, -0.25) is 0 Å². The monoisotopic (exact) mass is 215 g/mol. The molecule has 3 nitrogen and oxygen atoms in total. The van der Waals surface area contributed by atoms with Crippen molar-refractivity contribution >= 4 is 0 Å². The first-order valence-electron chi connectivity index (χ1n) is 6.20. The summed E-state index contributed by atoms with van der Waals surface area (Å²) < 4.78 is 0. The van der Waals surface area contributed by atoms with Crippen molar-refractivity contribution in [2.45, 2.75) is 51.0 Å². The Kier molecular flexibility index (Phi) is 5.58. The molecular weight excluding hydrogens is 190 g/mol. The molecule has 0 aromatic heterocycles. The summed E-state index contributed by atoms with van der Waals surface area (Å²) in [5, 5.41) is 18.6. The number of hydrogen-bond acceptors (Lipinski definition) is 3. The van der Waals surface area contributed by atoms with Crippen LogP contribution in [0.2, 0.25) is 0 Å². The molecule has 0 aromatic rings. The highest BCUT2D eigenvalue weighted by molar-refractivity contribution is 4.78. The van der Waals surface area contributed by atoms with Gasteiger partial charge in [-0.1, -0.05) is 0 Å².